The Morgan fingerprint density at radius 3 is 1.83 bits per heavy atom. The zero-order valence-corrected chi connectivity index (χ0v) is 12.2. The second-order valence-electron chi connectivity index (χ2n) is 0.678. The van der Waals surface area contributed by atoms with Gasteiger partial charge < -0.3 is 0 Å². The molecule has 0 amide bonds. The van der Waals surface area contributed by atoms with Crippen molar-refractivity contribution in [2.24, 2.45) is 4.65 Å². The molecule has 0 aromatic rings. The molecular weight excluding hydrogens is 389 g/mol. The molecule has 0 aromatic heterocycles. The van der Waals surface area contributed by atoms with Gasteiger partial charge >= 0.3 is 59.7 Å². The summed E-state index contributed by atoms with van der Waals surface area (Å²) in [7, 11) is -0.333. The van der Waals surface area contributed by atoms with Crippen LogP contribution in [0, 0.1) is 0 Å². The van der Waals surface area contributed by atoms with Gasteiger partial charge in [0.2, 0.25) is 0 Å². The summed E-state index contributed by atoms with van der Waals surface area (Å²) in [6.45, 7) is 0. The minimum absolute atomic E-state index is 0.333. The van der Waals surface area contributed by atoms with E-state index in [1.807, 2.05) is 0 Å². The van der Waals surface area contributed by atoms with Crippen LogP contribution in [0.1, 0.15) is 0 Å². The first-order valence-corrected chi connectivity index (χ1v) is 28.3. The Morgan fingerprint density at radius 1 is 1.17 bits per heavy atom. The predicted octanol–water partition coefficient (Wildman–Crippen LogP) is -2.49. The average Bonchev–Trinajstić information content (AvgIpc) is 1.86. The van der Waals surface area contributed by atoms with Crippen LogP contribution < -0.4 is 4.65 Å². The normalized spacial score (nSPS) is 39.8. The second-order valence-corrected chi connectivity index (χ2v) is 69.0. The van der Waals surface area contributed by atoms with Crippen molar-refractivity contribution in [1.29, 1.82) is 0 Å². The van der Waals surface area contributed by atoms with E-state index in [4.69, 9.17) is 4.65 Å². The van der Waals surface area contributed by atoms with Crippen LogP contribution in [0.2, 0.25) is 0 Å². The molecule has 1 heterocycles. The van der Waals surface area contributed by atoms with E-state index in [1.165, 1.54) is 0 Å². The molecule has 6 heavy (non-hydrogen) atoms. The molecule has 1 nitrogen and oxygen atoms in total. The fourth-order valence-electron chi connectivity index (χ4n) is 0.136. The summed E-state index contributed by atoms with van der Waals surface area (Å²) in [6.07, 6.45) is 0. The predicted molar refractivity (Wildman–Crippen MR) is 33.0 cm³/mol. The number of hydrogen-bond donors (Lipinski definition) is 1. The summed E-state index contributed by atoms with van der Waals surface area (Å²) in [4.78, 5) is 0. The van der Waals surface area contributed by atoms with Gasteiger partial charge in [-0.15, -0.1) is 0 Å². The molecule has 1 rings (SSSR count). The first-order valence-electron chi connectivity index (χ1n) is 1.26. The fourth-order valence-corrected chi connectivity index (χ4v) is 372. The molecule has 1 aliphatic rings. The van der Waals surface area contributed by atoms with Gasteiger partial charge in [-0.2, -0.15) is 0 Å². The van der Waals surface area contributed by atoms with Crippen LogP contribution in [-0.2, 0) is 0 Å². The quantitative estimate of drug-likeness (QED) is 0.455. The van der Waals surface area contributed by atoms with Crippen molar-refractivity contribution in [3.05, 3.63) is 0 Å². The third-order valence-corrected chi connectivity index (χ3v) is 160. The van der Waals surface area contributed by atoms with E-state index in [2.05, 4.69) is 0 Å². The Morgan fingerprint density at radius 2 is 1.67 bits per heavy atom. The summed E-state index contributed by atoms with van der Waals surface area (Å²) >= 11 is 3.77. The molecule has 0 fully saturated rings. The Bertz CT molecular complexity index is 80.1. The van der Waals surface area contributed by atoms with Crippen molar-refractivity contribution in [2.45, 2.75) is 0 Å². The van der Waals surface area contributed by atoms with Crippen molar-refractivity contribution >= 4 is 55.0 Å². The van der Waals surface area contributed by atoms with Gasteiger partial charge in [-0.25, -0.2) is 0 Å². The second kappa shape index (κ2) is 3.72. The van der Waals surface area contributed by atoms with E-state index >= 15 is 0 Å². The van der Waals surface area contributed by atoms with Gasteiger partial charge in [0.15, 0.2) is 0 Å². The molecule has 0 atom stereocenters. The van der Waals surface area contributed by atoms with Crippen LogP contribution in [0.5, 0.6) is 0 Å². The molecule has 2 N–H and O–H groups in total. The van der Waals surface area contributed by atoms with E-state index in [9.17, 15) is 0 Å². The molecule has 0 aromatic carbocycles. The van der Waals surface area contributed by atoms with Crippen LogP contribution in [0.4, 0.5) is 0 Å². The fraction of sp³-hybridized carbons (Fsp3) is 0. The standard InChI is InChI=1S/As5H2N/c6-5-3-1-2-4-5/h6H2. The minimum atomic E-state index is -0.333. The van der Waals surface area contributed by atoms with Crippen molar-refractivity contribution in [3.8, 4) is 0 Å². The van der Waals surface area contributed by atoms with E-state index < -0.39 is 0 Å². The first kappa shape index (κ1) is 6.87. The Hall–Kier alpha value is 2.75. The van der Waals surface area contributed by atoms with Gasteiger partial charge in [-0.1, -0.05) is 0 Å². The zero-order valence-electron chi connectivity index (χ0n) is 2.81. The van der Waals surface area contributed by atoms with Crippen molar-refractivity contribution in [1.82, 2.24) is 0 Å². The van der Waals surface area contributed by atoms with E-state index in [-0.39, 0.29) is 10.7 Å². The monoisotopic (exact) mass is 391 g/mol. The van der Waals surface area contributed by atoms with Crippen LogP contribution in [0.3, 0.4) is 0 Å². The van der Waals surface area contributed by atoms with Crippen LogP contribution in [-0.4, -0.2) is 55.0 Å². The SMILES string of the molecule is N[As]1[As]=[As][As]=[As]1. The zero-order chi connectivity index (χ0) is 4.41. The Balaban J connectivity index is 2.60. The van der Waals surface area contributed by atoms with Gasteiger partial charge in [0.05, 0.1) is 0 Å². The van der Waals surface area contributed by atoms with Crippen molar-refractivity contribution in [2.75, 3.05) is 0 Å². The van der Waals surface area contributed by atoms with Crippen LogP contribution in [0.15, 0.2) is 0 Å². The molecule has 0 saturated heterocycles. The number of hydrogen-bond acceptors (Lipinski definition) is 1. The van der Waals surface area contributed by atoms with Gasteiger partial charge in [-0.05, 0) is 0 Å². The molecule has 0 saturated carbocycles. The molecule has 0 bridgehead atoms. The Labute approximate surface area is 58.4 Å². The third kappa shape index (κ3) is 2.35. The Kier molecular flexibility index (Phi) is 4.25. The van der Waals surface area contributed by atoms with E-state index in [1.54, 1.807) is 0 Å². The molecular formula is H2As5N. The van der Waals surface area contributed by atoms with Crippen LogP contribution >= 0.6 is 0 Å². The van der Waals surface area contributed by atoms with E-state index in [0.29, 0.717) is 0 Å². The van der Waals surface area contributed by atoms with Gasteiger partial charge in [0.1, 0.15) is 0 Å². The summed E-state index contributed by atoms with van der Waals surface area (Å²) in [5, 5.41) is 0. The molecule has 32 valence electrons. The molecule has 6 heteroatoms. The first-order chi connectivity index (χ1) is 2.89. The van der Waals surface area contributed by atoms with Gasteiger partial charge in [0.25, 0.3) is 0 Å². The van der Waals surface area contributed by atoms with Gasteiger partial charge in [0, 0.05) is 0 Å². The van der Waals surface area contributed by atoms with Crippen molar-refractivity contribution < 1.29 is 0 Å². The summed E-state index contributed by atoms with van der Waals surface area (Å²) in [5.74, 6) is 0. The number of rotatable bonds is 0. The van der Waals surface area contributed by atoms with E-state index in [0.717, 1.165) is 44.3 Å². The summed E-state index contributed by atoms with van der Waals surface area (Å²) < 4.78 is 5.81. The topological polar surface area (TPSA) is 26.0 Å². The molecule has 0 spiro atoms. The van der Waals surface area contributed by atoms with Crippen LogP contribution in [0.25, 0.3) is 0 Å². The molecule has 1 aliphatic heterocycles. The van der Waals surface area contributed by atoms with Gasteiger partial charge in [-0.3, -0.25) is 0 Å². The summed E-state index contributed by atoms with van der Waals surface area (Å²) in [6, 6.07) is 0. The van der Waals surface area contributed by atoms with Crippen molar-refractivity contribution in [3.63, 3.8) is 0 Å². The maximum absolute atomic E-state index is 5.81. The third-order valence-electron chi connectivity index (χ3n) is 0.303. The maximum atomic E-state index is 5.81. The number of nitrogens with two attached hydrogens (primary N) is 1. The molecule has 0 aliphatic carbocycles. The average molecular weight is 391 g/mol. The molecule has 0 radical (unpaired) electrons. The molecule has 0 unspecified atom stereocenters. The summed E-state index contributed by atoms with van der Waals surface area (Å²) in [5.41, 5.74) is 0.